The highest BCUT2D eigenvalue weighted by atomic mass is 16.1. The molecule has 1 aliphatic rings. The van der Waals surface area contributed by atoms with E-state index in [1.54, 1.807) is 41.6 Å². The lowest BCUT2D eigenvalue weighted by molar-refractivity contribution is 0.335. The van der Waals surface area contributed by atoms with E-state index in [1.165, 1.54) is 0 Å². The Morgan fingerprint density at radius 2 is 1.74 bits per heavy atom. The molecule has 5 rings (SSSR count). The summed E-state index contributed by atoms with van der Waals surface area (Å²) in [5.41, 5.74) is 2.55. The maximum atomic E-state index is 12.4. The van der Waals surface area contributed by atoms with Gasteiger partial charge < -0.3 is 4.90 Å². The van der Waals surface area contributed by atoms with Gasteiger partial charge in [-0.1, -0.05) is 0 Å². The molecular weight excluding hydrogens is 390 g/mol. The molecule has 0 saturated carbocycles. The van der Waals surface area contributed by atoms with Crippen LogP contribution in [0.25, 0.3) is 22.2 Å². The average molecular weight is 413 g/mol. The normalized spacial score (nSPS) is 14.8. The van der Waals surface area contributed by atoms with Crippen molar-refractivity contribution in [1.29, 1.82) is 0 Å². The van der Waals surface area contributed by atoms with Gasteiger partial charge in [-0.2, -0.15) is 5.10 Å². The van der Waals surface area contributed by atoms with Gasteiger partial charge in [-0.05, 0) is 49.9 Å². The third-order valence-electron chi connectivity index (χ3n) is 5.78. The zero-order valence-corrected chi connectivity index (χ0v) is 17.3. The van der Waals surface area contributed by atoms with E-state index in [4.69, 9.17) is 4.98 Å². The predicted octanol–water partition coefficient (Wildman–Crippen LogP) is 2.87. The summed E-state index contributed by atoms with van der Waals surface area (Å²) >= 11 is 0. The number of aromatic nitrogens is 6. The second-order valence-corrected chi connectivity index (χ2v) is 7.89. The van der Waals surface area contributed by atoms with Crippen molar-refractivity contribution in [2.45, 2.75) is 26.3 Å². The first-order valence-corrected chi connectivity index (χ1v) is 10.5. The van der Waals surface area contributed by atoms with Gasteiger partial charge in [0.15, 0.2) is 0 Å². The van der Waals surface area contributed by atoms with Crippen molar-refractivity contribution in [3.63, 3.8) is 0 Å². The van der Waals surface area contributed by atoms with Gasteiger partial charge in [-0.3, -0.25) is 14.8 Å². The molecule has 0 unspecified atom stereocenters. The molecule has 8 heteroatoms. The highest BCUT2D eigenvalue weighted by molar-refractivity contribution is 5.88. The van der Waals surface area contributed by atoms with Crippen LogP contribution >= 0.6 is 0 Å². The summed E-state index contributed by atoms with van der Waals surface area (Å²) in [7, 11) is 0. The molecule has 0 aliphatic carbocycles. The Morgan fingerprint density at radius 3 is 2.55 bits per heavy atom. The van der Waals surface area contributed by atoms with Crippen LogP contribution in [0.15, 0.2) is 59.9 Å². The van der Waals surface area contributed by atoms with Crippen LogP contribution in [0.4, 0.5) is 5.82 Å². The number of hydrogen-bond donors (Lipinski definition) is 0. The third-order valence-corrected chi connectivity index (χ3v) is 5.78. The van der Waals surface area contributed by atoms with Crippen molar-refractivity contribution in [3.8, 4) is 11.3 Å². The zero-order valence-electron chi connectivity index (χ0n) is 17.3. The van der Waals surface area contributed by atoms with E-state index in [0.29, 0.717) is 12.5 Å². The molecule has 8 nitrogen and oxygen atoms in total. The Hall–Kier alpha value is -3.68. The van der Waals surface area contributed by atoms with Gasteiger partial charge in [0.2, 0.25) is 0 Å². The zero-order chi connectivity index (χ0) is 21.2. The molecule has 1 fully saturated rings. The second kappa shape index (κ2) is 8.22. The van der Waals surface area contributed by atoms with E-state index < -0.39 is 0 Å². The average Bonchev–Trinajstić information content (AvgIpc) is 2.81. The standard InChI is InChI=1S/C23H23N7O/c1-16-26-21-14-25-11-6-19(21)23(27-16)29-12-7-17(8-13-29)15-30-22(31)3-2-20(28-30)18-4-9-24-10-5-18/h2-6,9-11,14,17H,7-8,12-13,15H2,1H3. The van der Waals surface area contributed by atoms with Crippen LogP contribution in [0.2, 0.25) is 0 Å². The summed E-state index contributed by atoms with van der Waals surface area (Å²) in [4.78, 5) is 32.2. The van der Waals surface area contributed by atoms with Crippen molar-refractivity contribution in [2.24, 2.45) is 5.92 Å². The molecule has 4 aromatic rings. The number of rotatable bonds is 4. The van der Waals surface area contributed by atoms with Gasteiger partial charge in [0.25, 0.3) is 5.56 Å². The molecule has 0 N–H and O–H groups in total. The van der Waals surface area contributed by atoms with Gasteiger partial charge in [-0.25, -0.2) is 14.6 Å². The first-order valence-electron chi connectivity index (χ1n) is 10.5. The van der Waals surface area contributed by atoms with Crippen molar-refractivity contribution < 1.29 is 0 Å². The summed E-state index contributed by atoms with van der Waals surface area (Å²) < 4.78 is 1.60. The number of fused-ring (bicyclic) bond motifs is 1. The summed E-state index contributed by atoms with van der Waals surface area (Å²) in [6, 6.07) is 9.15. The minimum absolute atomic E-state index is 0.0647. The monoisotopic (exact) mass is 413 g/mol. The Labute approximate surface area is 179 Å². The van der Waals surface area contributed by atoms with E-state index in [2.05, 4.69) is 25.0 Å². The largest absolute Gasteiger partial charge is 0.356 e. The summed E-state index contributed by atoms with van der Waals surface area (Å²) in [6.07, 6.45) is 8.99. The van der Waals surface area contributed by atoms with Crippen LogP contribution in [-0.4, -0.2) is 42.8 Å². The maximum Gasteiger partial charge on any atom is 0.266 e. The molecule has 0 spiro atoms. The molecule has 4 aromatic heterocycles. The SMILES string of the molecule is Cc1nc(N2CCC(Cn3nc(-c4ccncc4)ccc3=O)CC2)c2ccncc2n1. The topological polar surface area (TPSA) is 89.7 Å². The first kappa shape index (κ1) is 19.3. The number of aryl methyl sites for hydroxylation is 1. The summed E-state index contributed by atoms with van der Waals surface area (Å²) in [6.45, 7) is 4.31. The van der Waals surface area contributed by atoms with Crippen LogP contribution < -0.4 is 10.5 Å². The number of nitrogens with zero attached hydrogens (tertiary/aromatic N) is 7. The minimum atomic E-state index is -0.0647. The number of piperidine rings is 1. The summed E-state index contributed by atoms with van der Waals surface area (Å²) in [5, 5.41) is 5.63. The van der Waals surface area contributed by atoms with Crippen molar-refractivity contribution in [2.75, 3.05) is 18.0 Å². The van der Waals surface area contributed by atoms with E-state index >= 15 is 0 Å². The van der Waals surface area contributed by atoms with Crippen molar-refractivity contribution in [1.82, 2.24) is 29.7 Å². The van der Waals surface area contributed by atoms with E-state index in [9.17, 15) is 4.79 Å². The van der Waals surface area contributed by atoms with E-state index in [-0.39, 0.29) is 5.56 Å². The molecule has 0 amide bonds. The number of pyridine rings is 2. The fraction of sp³-hybridized carbons (Fsp3) is 0.304. The fourth-order valence-corrected chi connectivity index (χ4v) is 4.15. The number of hydrogen-bond acceptors (Lipinski definition) is 7. The van der Waals surface area contributed by atoms with E-state index in [0.717, 1.165) is 59.7 Å². The Balaban J connectivity index is 1.32. The lowest BCUT2D eigenvalue weighted by atomic mass is 9.96. The quantitative estimate of drug-likeness (QED) is 0.508. The molecule has 1 saturated heterocycles. The van der Waals surface area contributed by atoms with Gasteiger partial charge >= 0.3 is 0 Å². The Morgan fingerprint density at radius 1 is 0.968 bits per heavy atom. The predicted molar refractivity (Wildman–Crippen MR) is 119 cm³/mol. The Kier molecular flexibility index (Phi) is 5.11. The maximum absolute atomic E-state index is 12.4. The van der Waals surface area contributed by atoms with Crippen LogP contribution in [0.5, 0.6) is 0 Å². The minimum Gasteiger partial charge on any atom is -0.356 e. The molecule has 0 bridgehead atoms. The highest BCUT2D eigenvalue weighted by Gasteiger charge is 2.23. The fourth-order valence-electron chi connectivity index (χ4n) is 4.15. The van der Waals surface area contributed by atoms with Crippen LogP contribution in [-0.2, 0) is 6.54 Å². The van der Waals surface area contributed by atoms with Crippen molar-refractivity contribution in [3.05, 3.63) is 71.3 Å². The lowest BCUT2D eigenvalue weighted by Gasteiger charge is -2.33. The second-order valence-electron chi connectivity index (χ2n) is 7.89. The van der Waals surface area contributed by atoms with Crippen LogP contribution in [0, 0.1) is 12.8 Å². The van der Waals surface area contributed by atoms with Crippen LogP contribution in [0.1, 0.15) is 18.7 Å². The first-order chi connectivity index (χ1) is 15.2. The molecule has 31 heavy (non-hydrogen) atoms. The number of anilines is 1. The van der Waals surface area contributed by atoms with E-state index in [1.807, 2.05) is 25.1 Å². The smallest absolute Gasteiger partial charge is 0.266 e. The molecular formula is C23H23N7O. The highest BCUT2D eigenvalue weighted by Crippen LogP contribution is 2.28. The van der Waals surface area contributed by atoms with Gasteiger partial charge in [0.05, 0.1) is 17.4 Å². The molecule has 0 radical (unpaired) electrons. The molecule has 156 valence electrons. The molecule has 0 atom stereocenters. The van der Waals surface area contributed by atoms with Gasteiger partial charge in [0.1, 0.15) is 11.6 Å². The van der Waals surface area contributed by atoms with Gasteiger partial charge in [0, 0.05) is 55.2 Å². The van der Waals surface area contributed by atoms with Crippen molar-refractivity contribution >= 4 is 16.7 Å². The lowest BCUT2D eigenvalue weighted by Crippen LogP contribution is -2.37. The van der Waals surface area contributed by atoms with Gasteiger partial charge in [-0.15, -0.1) is 0 Å². The molecule has 5 heterocycles. The Bertz CT molecular complexity index is 1260. The third kappa shape index (κ3) is 4.01. The molecule has 1 aliphatic heterocycles. The summed E-state index contributed by atoms with van der Waals surface area (Å²) in [5.74, 6) is 2.12. The van der Waals surface area contributed by atoms with Crippen LogP contribution in [0.3, 0.4) is 0 Å². The molecule has 0 aromatic carbocycles.